The minimum absolute atomic E-state index is 0.00850. The predicted octanol–water partition coefficient (Wildman–Crippen LogP) is 1.76. The van der Waals surface area contributed by atoms with Gasteiger partial charge >= 0.3 is 0 Å². The maximum atomic E-state index is 12.4. The lowest BCUT2D eigenvalue weighted by atomic mass is 10.2. The maximum absolute atomic E-state index is 12.4. The van der Waals surface area contributed by atoms with Crippen LogP contribution in [0.5, 0.6) is 0 Å². The number of nitrogens with two attached hydrogens (primary N) is 1. The van der Waals surface area contributed by atoms with Crippen LogP contribution in [0.25, 0.3) is 11.0 Å². The number of aryl methyl sites for hydroxylation is 1. The quantitative estimate of drug-likeness (QED) is 0.766. The number of sulfonamides is 1. The van der Waals surface area contributed by atoms with Crippen LogP contribution >= 0.6 is 11.8 Å². The van der Waals surface area contributed by atoms with E-state index in [4.69, 9.17) is 5.14 Å². The fourth-order valence-electron chi connectivity index (χ4n) is 3.04. The molecule has 0 bridgehead atoms. The summed E-state index contributed by atoms with van der Waals surface area (Å²) in [6, 6.07) is 4.88. The Morgan fingerprint density at radius 3 is 2.72 bits per heavy atom. The molecule has 1 fully saturated rings. The molecule has 1 heterocycles. The van der Waals surface area contributed by atoms with Crippen molar-refractivity contribution in [3.63, 3.8) is 0 Å². The minimum atomic E-state index is -3.77. The molecule has 1 saturated carbocycles. The Morgan fingerprint density at radius 2 is 2.08 bits per heavy atom. The van der Waals surface area contributed by atoms with Crippen LogP contribution < -0.4 is 10.5 Å². The first-order valence-corrected chi connectivity index (χ1v) is 10.6. The van der Waals surface area contributed by atoms with E-state index in [0.29, 0.717) is 10.7 Å². The topological polar surface area (TPSA) is 107 Å². The number of fused-ring (bicyclic) bond motifs is 1. The Labute approximate surface area is 151 Å². The van der Waals surface area contributed by atoms with Gasteiger partial charge in [0.1, 0.15) is 0 Å². The number of carbonyl (C=O) groups is 1. The number of rotatable bonds is 5. The van der Waals surface area contributed by atoms with Gasteiger partial charge in [-0.15, -0.1) is 0 Å². The molecule has 1 aromatic carbocycles. The smallest absolute Gasteiger partial charge is 0.238 e. The number of amides is 1. The first-order valence-electron chi connectivity index (χ1n) is 8.22. The Kier molecular flexibility index (Phi) is 5.08. The van der Waals surface area contributed by atoms with E-state index in [1.807, 2.05) is 18.5 Å². The normalized spacial score (nSPS) is 17.1. The number of hydrogen-bond donors (Lipinski definition) is 2. The molecule has 1 atom stereocenters. The molecule has 136 valence electrons. The Bertz CT molecular complexity index is 901. The number of primary sulfonamides is 1. The highest BCUT2D eigenvalue weighted by atomic mass is 32.2. The van der Waals surface area contributed by atoms with Crippen molar-refractivity contribution in [3.8, 4) is 0 Å². The average molecular weight is 383 g/mol. The molecule has 2 aromatic rings. The molecule has 0 unspecified atom stereocenters. The lowest BCUT2D eigenvalue weighted by Crippen LogP contribution is -2.37. The van der Waals surface area contributed by atoms with Crippen molar-refractivity contribution in [2.24, 2.45) is 12.2 Å². The molecule has 9 heteroatoms. The van der Waals surface area contributed by atoms with E-state index in [9.17, 15) is 13.2 Å². The molecular weight excluding hydrogens is 360 g/mol. The highest BCUT2D eigenvalue weighted by molar-refractivity contribution is 8.00. The number of carbonyl (C=O) groups excluding carboxylic acids is 1. The van der Waals surface area contributed by atoms with Crippen molar-refractivity contribution in [3.05, 3.63) is 18.2 Å². The molecule has 3 rings (SSSR count). The average Bonchev–Trinajstić information content (AvgIpc) is 3.15. The highest BCUT2D eigenvalue weighted by Crippen LogP contribution is 2.28. The van der Waals surface area contributed by atoms with Gasteiger partial charge in [0, 0.05) is 13.1 Å². The molecular formula is C16H22N4O3S2. The summed E-state index contributed by atoms with van der Waals surface area (Å²) in [4.78, 5) is 16.8. The summed E-state index contributed by atoms with van der Waals surface area (Å²) in [6.07, 6.45) is 4.44. The second-order valence-corrected chi connectivity index (χ2v) is 9.27. The second kappa shape index (κ2) is 6.97. The molecule has 0 radical (unpaired) electrons. The fourth-order valence-corrected chi connectivity index (χ4v) is 4.47. The number of nitrogens with one attached hydrogen (secondary N) is 1. The summed E-state index contributed by atoms with van der Waals surface area (Å²) in [5.74, 6) is 0.00850. The van der Waals surface area contributed by atoms with Crippen LogP contribution in [-0.2, 0) is 21.9 Å². The SMILES string of the molecule is C[C@@H](Sc1nc2cc(S(N)(=O)=O)ccc2n1C)C(=O)NC1CCCC1. The van der Waals surface area contributed by atoms with E-state index >= 15 is 0 Å². The Balaban J connectivity index is 1.78. The second-order valence-electron chi connectivity index (χ2n) is 6.40. The van der Waals surface area contributed by atoms with Crippen LogP contribution in [0.4, 0.5) is 0 Å². The van der Waals surface area contributed by atoms with Crippen LogP contribution in [-0.4, -0.2) is 35.2 Å². The lowest BCUT2D eigenvalue weighted by Gasteiger charge is -2.16. The Hall–Kier alpha value is -1.58. The minimum Gasteiger partial charge on any atom is -0.352 e. The van der Waals surface area contributed by atoms with E-state index in [-0.39, 0.29) is 22.1 Å². The molecule has 1 aliphatic rings. The van der Waals surface area contributed by atoms with Gasteiger partial charge in [-0.1, -0.05) is 24.6 Å². The van der Waals surface area contributed by atoms with Gasteiger partial charge in [-0.05, 0) is 38.0 Å². The predicted molar refractivity (Wildman–Crippen MR) is 97.8 cm³/mol. The van der Waals surface area contributed by atoms with Gasteiger partial charge in [0.25, 0.3) is 0 Å². The van der Waals surface area contributed by atoms with Crippen molar-refractivity contribution in [1.82, 2.24) is 14.9 Å². The number of benzene rings is 1. The van der Waals surface area contributed by atoms with Crippen molar-refractivity contribution in [2.45, 2.75) is 54.0 Å². The van der Waals surface area contributed by atoms with Crippen LogP contribution in [0.1, 0.15) is 32.6 Å². The zero-order valence-corrected chi connectivity index (χ0v) is 15.9. The first kappa shape index (κ1) is 18.2. The van der Waals surface area contributed by atoms with Crippen LogP contribution in [0.2, 0.25) is 0 Å². The van der Waals surface area contributed by atoms with Crippen molar-refractivity contribution in [1.29, 1.82) is 0 Å². The number of thioether (sulfide) groups is 1. The standard InChI is InChI=1S/C16H22N4O3S2/c1-10(15(21)18-11-5-3-4-6-11)24-16-19-13-9-12(25(17,22)23)7-8-14(13)20(16)2/h7-11H,3-6H2,1-2H3,(H,18,21)(H2,17,22,23)/t10-/m1/s1. The first-order chi connectivity index (χ1) is 11.8. The van der Waals surface area contributed by atoms with E-state index in [2.05, 4.69) is 10.3 Å². The monoisotopic (exact) mass is 382 g/mol. The molecule has 0 saturated heterocycles. The summed E-state index contributed by atoms with van der Waals surface area (Å²) in [6.45, 7) is 1.85. The van der Waals surface area contributed by atoms with Crippen molar-refractivity contribution >= 4 is 38.7 Å². The summed E-state index contributed by atoms with van der Waals surface area (Å²) in [5, 5.41) is 8.64. The molecule has 3 N–H and O–H groups in total. The number of aromatic nitrogens is 2. The maximum Gasteiger partial charge on any atom is 0.238 e. The summed E-state index contributed by atoms with van der Waals surface area (Å²) < 4.78 is 24.8. The van der Waals surface area contributed by atoms with E-state index < -0.39 is 10.0 Å². The Morgan fingerprint density at radius 1 is 1.40 bits per heavy atom. The van der Waals surface area contributed by atoms with Gasteiger partial charge in [0.15, 0.2) is 5.16 Å². The van der Waals surface area contributed by atoms with Gasteiger partial charge in [-0.3, -0.25) is 4.79 Å². The van der Waals surface area contributed by atoms with Crippen LogP contribution in [0.15, 0.2) is 28.3 Å². The highest BCUT2D eigenvalue weighted by Gasteiger charge is 2.23. The van der Waals surface area contributed by atoms with Crippen LogP contribution in [0.3, 0.4) is 0 Å². The lowest BCUT2D eigenvalue weighted by molar-refractivity contribution is -0.120. The van der Waals surface area contributed by atoms with E-state index in [0.717, 1.165) is 18.4 Å². The van der Waals surface area contributed by atoms with Crippen LogP contribution in [0, 0.1) is 0 Å². The number of nitrogens with zero attached hydrogens (tertiary/aromatic N) is 2. The number of imidazole rings is 1. The summed E-state index contributed by atoms with van der Waals surface area (Å²) in [5.41, 5.74) is 1.33. The molecule has 7 nitrogen and oxygen atoms in total. The molecule has 1 amide bonds. The van der Waals surface area contributed by atoms with Crippen molar-refractivity contribution in [2.75, 3.05) is 0 Å². The van der Waals surface area contributed by atoms with E-state index in [1.165, 1.54) is 36.7 Å². The van der Waals surface area contributed by atoms with Crippen molar-refractivity contribution < 1.29 is 13.2 Å². The molecule has 0 aliphatic heterocycles. The summed E-state index contributed by atoms with van der Waals surface area (Å²) in [7, 11) is -1.92. The van der Waals surface area contributed by atoms with Gasteiger partial charge in [-0.25, -0.2) is 18.5 Å². The van der Waals surface area contributed by atoms with Gasteiger partial charge in [0.05, 0.1) is 21.2 Å². The fraction of sp³-hybridized carbons (Fsp3) is 0.500. The molecule has 1 aliphatic carbocycles. The van der Waals surface area contributed by atoms with Gasteiger partial charge in [-0.2, -0.15) is 0 Å². The zero-order valence-electron chi connectivity index (χ0n) is 14.2. The largest absolute Gasteiger partial charge is 0.352 e. The third-order valence-corrected chi connectivity index (χ3v) is 6.55. The molecule has 1 aromatic heterocycles. The third-order valence-electron chi connectivity index (χ3n) is 4.49. The molecule has 0 spiro atoms. The molecule has 25 heavy (non-hydrogen) atoms. The van der Waals surface area contributed by atoms with Gasteiger partial charge < -0.3 is 9.88 Å². The summed E-state index contributed by atoms with van der Waals surface area (Å²) >= 11 is 1.36. The zero-order chi connectivity index (χ0) is 18.2. The third kappa shape index (κ3) is 3.99. The number of hydrogen-bond acceptors (Lipinski definition) is 5. The van der Waals surface area contributed by atoms with E-state index in [1.54, 1.807) is 6.07 Å². The van der Waals surface area contributed by atoms with Gasteiger partial charge in [0.2, 0.25) is 15.9 Å².